The predicted octanol–water partition coefficient (Wildman–Crippen LogP) is 3.01. The minimum Gasteiger partial charge on any atom is -0.310 e. The molecule has 2 heterocycles. The highest BCUT2D eigenvalue weighted by Gasteiger charge is 2.50. The van der Waals surface area contributed by atoms with Crippen molar-refractivity contribution >= 4 is 0 Å². The second-order valence-electron chi connectivity index (χ2n) is 10.9. The third kappa shape index (κ3) is 5.55. The van der Waals surface area contributed by atoms with E-state index in [2.05, 4.69) is 41.2 Å². The van der Waals surface area contributed by atoms with E-state index in [1.165, 1.54) is 5.57 Å². The molecule has 0 spiro atoms. The molecule has 10 heteroatoms. The summed E-state index contributed by atoms with van der Waals surface area (Å²) in [7, 11) is 0. The normalized spacial score (nSPS) is 43.0. The number of halogens is 3. The number of nitrogens with one attached hydrogen (secondary N) is 4. The van der Waals surface area contributed by atoms with Gasteiger partial charge < -0.3 is 5.32 Å². The maximum atomic E-state index is 13.5. The molecule has 3 fully saturated rings. The SMILES string of the molecule is CC1NC2CC(C)C(C3=CCNC3)CC2C(NC(C)C2CC([N+](=O)[O-])CC(C(F)(F)F)C2)N1. The molecule has 2 saturated carbocycles. The summed E-state index contributed by atoms with van der Waals surface area (Å²) in [6.07, 6.45) is -0.215. The number of hydrogen-bond acceptors (Lipinski definition) is 6. The van der Waals surface area contributed by atoms with Crippen molar-refractivity contribution in [2.24, 2.45) is 29.6 Å². The van der Waals surface area contributed by atoms with Crippen molar-refractivity contribution < 1.29 is 18.1 Å². The smallest absolute Gasteiger partial charge is 0.310 e. The molecule has 33 heavy (non-hydrogen) atoms. The van der Waals surface area contributed by atoms with Gasteiger partial charge in [-0.05, 0) is 50.9 Å². The number of fused-ring (bicyclic) bond motifs is 1. The van der Waals surface area contributed by atoms with E-state index >= 15 is 0 Å². The van der Waals surface area contributed by atoms with Gasteiger partial charge in [-0.25, -0.2) is 0 Å². The van der Waals surface area contributed by atoms with E-state index < -0.39 is 29.5 Å². The Hall–Kier alpha value is -1.23. The molecule has 7 nitrogen and oxygen atoms in total. The lowest BCUT2D eigenvalue weighted by molar-refractivity contribution is -0.532. The van der Waals surface area contributed by atoms with Gasteiger partial charge in [0.1, 0.15) is 0 Å². The lowest BCUT2D eigenvalue weighted by Gasteiger charge is -2.51. The van der Waals surface area contributed by atoms with Crippen LogP contribution in [-0.4, -0.2) is 54.6 Å². The zero-order valence-corrected chi connectivity index (χ0v) is 19.7. The van der Waals surface area contributed by atoms with Gasteiger partial charge in [0.2, 0.25) is 6.04 Å². The number of nitro groups is 1. The first-order valence-electron chi connectivity index (χ1n) is 12.4. The van der Waals surface area contributed by atoms with Crippen molar-refractivity contribution in [3.05, 3.63) is 21.8 Å². The lowest BCUT2D eigenvalue weighted by Crippen LogP contribution is -2.69. The van der Waals surface area contributed by atoms with Gasteiger partial charge >= 0.3 is 6.18 Å². The number of nitrogens with zero attached hydrogens (tertiary/aromatic N) is 1. The summed E-state index contributed by atoms with van der Waals surface area (Å²) in [4.78, 5) is 10.9. The van der Waals surface area contributed by atoms with Crippen molar-refractivity contribution in [3.63, 3.8) is 0 Å². The summed E-state index contributed by atoms with van der Waals surface area (Å²) in [5.41, 5.74) is 1.47. The Balaban J connectivity index is 1.47. The molecule has 2 aliphatic carbocycles. The Bertz CT molecular complexity index is 748. The van der Waals surface area contributed by atoms with E-state index in [0.717, 1.165) is 25.9 Å². The molecule has 0 radical (unpaired) electrons. The molecule has 1 saturated heterocycles. The molecule has 188 valence electrons. The van der Waals surface area contributed by atoms with E-state index in [1.807, 2.05) is 6.92 Å². The molecule has 0 bridgehead atoms. The van der Waals surface area contributed by atoms with Crippen LogP contribution in [0.3, 0.4) is 0 Å². The van der Waals surface area contributed by atoms with Gasteiger partial charge in [-0.3, -0.25) is 26.1 Å². The molecule has 0 amide bonds. The van der Waals surface area contributed by atoms with E-state index in [4.69, 9.17) is 0 Å². The zero-order chi connectivity index (χ0) is 23.9. The van der Waals surface area contributed by atoms with Crippen LogP contribution in [0.25, 0.3) is 0 Å². The number of rotatable bonds is 5. The van der Waals surface area contributed by atoms with E-state index in [-0.39, 0.29) is 37.1 Å². The third-order valence-corrected chi connectivity index (χ3v) is 8.62. The molecule has 4 aliphatic rings. The highest BCUT2D eigenvalue weighted by atomic mass is 19.4. The van der Waals surface area contributed by atoms with Gasteiger partial charge in [0.05, 0.1) is 18.2 Å². The second kappa shape index (κ2) is 9.79. The molecule has 0 aromatic carbocycles. The Morgan fingerprint density at radius 1 is 1.15 bits per heavy atom. The van der Waals surface area contributed by atoms with Crippen LogP contribution in [0.5, 0.6) is 0 Å². The summed E-state index contributed by atoms with van der Waals surface area (Å²) in [6.45, 7) is 8.13. The van der Waals surface area contributed by atoms with Gasteiger partial charge in [-0.15, -0.1) is 0 Å². The van der Waals surface area contributed by atoms with Crippen molar-refractivity contribution in [2.75, 3.05) is 13.1 Å². The van der Waals surface area contributed by atoms with Crippen LogP contribution in [0.1, 0.15) is 52.9 Å². The second-order valence-corrected chi connectivity index (χ2v) is 10.9. The maximum Gasteiger partial charge on any atom is 0.392 e. The average molecular weight is 474 g/mol. The fourth-order valence-corrected chi connectivity index (χ4v) is 6.81. The van der Waals surface area contributed by atoms with Crippen LogP contribution in [-0.2, 0) is 0 Å². The first-order valence-corrected chi connectivity index (χ1v) is 12.4. The molecule has 4 rings (SSSR count). The summed E-state index contributed by atoms with van der Waals surface area (Å²) in [6, 6.07) is -1.03. The zero-order valence-electron chi connectivity index (χ0n) is 19.7. The molecule has 2 aliphatic heterocycles. The van der Waals surface area contributed by atoms with Crippen molar-refractivity contribution in [2.45, 2.75) is 89.5 Å². The Morgan fingerprint density at radius 2 is 1.91 bits per heavy atom. The predicted molar refractivity (Wildman–Crippen MR) is 120 cm³/mol. The first-order chi connectivity index (χ1) is 15.5. The largest absolute Gasteiger partial charge is 0.392 e. The van der Waals surface area contributed by atoms with Gasteiger partial charge in [0.25, 0.3) is 0 Å². The highest BCUT2D eigenvalue weighted by molar-refractivity contribution is 5.18. The van der Waals surface area contributed by atoms with Crippen LogP contribution in [0.2, 0.25) is 0 Å². The van der Waals surface area contributed by atoms with Crippen LogP contribution in [0.4, 0.5) is 13.2 Å². The molecular formula is C23H38F3N5O2. The molecule has 4 N–H and O–H groups in total. The van der Waals surface area contributed by atoms with Gasteiger partial charge in [-0.2, -0.15) is 13.2 Å². The molecule has 10 unspecified atom stereocenters. The Morgan fingerprint density at radius 3 is 2.55 bits per heavy atom. The highest BCUT2D eigenvalue weighted by Crippen LogP contribution is 2.43. The Kier molecular flexibility index (Phi) is 7.38. The minimum absolute atomic E-state index is 0.0356. The Labute approximate surface area is 193 Å². The van der Waals surface area contributed by atoms with E-state index in [9.17, 15) is 23.3 Å². The fraction of sp³-hybridized carbons (Fsp3) is 0.913. The van der Waals surface area contributed by atoms with Crippen LogP contribution in [0, 0.1) is 39.7 Å². The van der Waals surface area contributed by atoms with Gasteiger partial charge in [-0.1, -0.05) is 18.6 Å². The van der Waals surface area contributed by atoms with Crippen molar-refractivity contribution in [3.8, 4) is 0 Å². The van der Waals surface area contributed by atoms with E-state index in [0.29, 0.717) is 23.8 Å². The maximum absolute atomic E-state index is 13.5. The topological polar surface area (TPSA) is 91.3 Å². The van der Waals surface area contributed by atoms with E-state index in [1.54, 1.807) is 0 Å². The standard InChI is InChI=1S/C23H38F3N5O2/c1-12-6-21-20(10-19(12)15-4-5-27-11-15)22(30-14(3)29-21)28-13(2)16-7-17(23(24,25)26)9-18(8-16)31(32)33/h4,12-14,16-22,27-30H,5-11H2,1-3H3. The lowest BCUT2D eigenvalue weighted by atomic mass is 9.67. The third-order valence-electron chi connectivity index (χ3n) is 8.62. The quantitative estimate of drug-likeness (QED) is 0.279. The van der Waals surface area contributed by atoms with Crippen LogP contribution in [0.15, 0.2) is 11.6 Å². The molecule has 10 atom stereocenters. The van der Waals surface area contributed by atoms with Crippen molar-refractivity contribution in [1.29, 1.82) is 0 Å². The van der Waals surface area contributed by atoms with Crippen LogP contribution < -0.4 is 21.3 Å². The number of hydrogen-bond donors (Lipinski definition) is 4. The minimum atomic E-state index is -4.39. The van der Waals surface area contributed by atoms with Gasteiger partial charge in [0, 0.05) is 48.9 Å². The summed E-state index contributed by atoms with van der Waals surface area (Å²) < 4.78 is 40.5. The van der Waals surface area contributed by atoms with Crippen molar-refractivity contribution in [1.82, 2.24) is 21.3 Å². The summed E-state index contributed by atoms with van der Waals surface area (Å²) in [5, 5.41) is 25.6. The fourth-order valence-electron chi connectivity index (χ4n) is 6.81. The molecular weight excluding hydrogens is 435 g/mol. The summed E-state index contributed by atoms with van der Waals surface area (Å²) >= 11 is 0. The van der Waals surface area contributed by atoms with Crippen LogP contribution >= 0.6 is 0 Å². The average Bonchev–Trinajstić information content (AvgIpc) is 3.26. The van der Waals surface area contributed by atoms with Gasteiger partial charge in [0.15, 0.2) is 0 Å². The molecule has 0 aromatic heterocycles. The monoisotopic (exact) mass is 473 g/mol. The summed E-state index contributed by atoms with van der Waals surface area (Å²) in [5.74, 6) is -0.614. The number of alkyl halides is 3. The molecule has 0 aromatic rings. The first kappa shape index (κ1) is 24.9.